The van der Waals surface area contributed by atoms with Crippen molar-refractivity contribution in [2.75, 3.05) is 17.7 Å². The molecule has 1 aliphatic heterocycles. The SMILES string of the molecule is CC(=O)N(c1ccc(Cl)cc1)C1CSC(=Nc2ccc(Cl)cc2)N1C.Cl. The van der Waals surface area contributed by atoms with Crippen LogP contribution in [0.4, 0.5) is 11.4 Å². The molecule has 4 nitrogen and oxygen atoms in total. The largest absolute Gasteiger partial charge is 0.333 e. The fourth-order valence-corrected chi connectivity index (χ4v) is 4.06. The van der Waals surface area contributed by atoms with E-state index in [0.29, 0.717) is 10.0 Å². The molecule has 8 heteroatoms. The third kappa shape index (κ3) is 4.65. The Bertz CT molecular complexity index is 796. The average molecular weight is 431 g/mol. The van der Waals surface area contributed by atoms with Gasteiger partial charge in [0.05, 0.1) is 5.69 Å². The lowest BCUT2D eigenvalue weighted by Crippen LogP contribution is -2.48. The highest BCUT2D eigenvalue weighted by atomic mass is 35.5. The molecule has 1 amide bonds. The summed E-state index contributed by atoms with van der Waals surface area (Å²) in [5.74, 6) is 0.720. The number of carbonyl (C=O) groups is 1. The summed E-state index contributed by atoms with van der Waals surface area (Å²) >= 11 is 13.5. The molecule has 0 N–H and O–H groups in total. The minimum atomic E-state index is -0.102. The number of hydrogen-bond acceptors (Lipinski definition) is 3. The molecule has 1 aliphatic rings. The van der Waals surface area contributed by atoms with Crippen LogP contribution in [0.15, 0.2) is 53.5 Å². The average Bonchev–Trinajstić information content (AvgIpc) is 2.92. The second-order valence-electron chi connectivity index (χ2n) is 5.64. The van der Waals surface area contributed by atoms with E-state index in [0.717, 1.165) is 22.3 Å². The Morgan fingerprint density at radius 1 is 1.12 bits per heavy atom. The second kappa shape index (κ2) is 9.00. The van der Waals surface area contributed by atoms with E-state index in [9.17, 15) is 4.79 Å². The molecular weight excluding hydrogens is 413 g/mol. The fraction of sp³-hybridized carbons (Fsp3) is 0.222. The highest BCUT2D eigenvalue weighted by Crippen LogP contribution is 2.31. The van der Waals surface area contributed by atoms with E-state index in [1.54, 1.807) is 35.7 Å². The van der Waals surface area contributed by atoms with E-state index < -0.39 is 0 Å². The zero-order valence-corrected chi connectivity index (χ0v) is 17.4. The summed E-state index contributed by atoms with van der Waals surface area (Å²) in [5.41, 5.74) is 1.65. The predicted octanol–water partition coefficient (Wildman–Crippen LogP) is 5.46. The van der Waals surface area contributed by atoms with Gasteiger partial charge in [-0.15, -0.1) is 12.4 Å². The summed E-state index contributed by atoms with van der Waals surface area (Å²) < 4.78 is 0. The van der Waals surface area contributed by atoms with E-state index in [2.05, 4.69) is 4.99 Å². The molecule has 1 atom stereocenters. The van der Waals surface area contributed by atoms with Crippen LogP contribution in [0.2, 0.25) is 10.0 Å². The van der Waals surface area contributed by atoms with Gasteiger partial charge in [-0.1, -0.05) is 35.0 Å². The summed E-state index contributed by atoms with van der Waals surface area (Å²) in [6, 6.07) is 14.7. The van der Waals surface area contributed by atoms with Crippen LogP contribution in [0.1, 0.15) is 6.92 Å². The zero-order chi connectivity index (χ0) is 18.0. The number of rotatable bonds is 3. The minimum Gasteiger partial charge on any atom is -0.333 e. The molecule has 0 saturated carbocycles. The molecule has 0 spiro atoms. The monoisotopic (exact) mass is 429 g/mol. The van der Waals surface area contributed by atoms with Gasteiger partial charge in [0.15, 0.2) is 5.17 Å². The lowest BCUT2D eigenvalue weighted by Gasteiger charge is -2.32. The summed E-state index contributed by atoms with van der Waals surface area (Å²) in [5, 5.41) is 2.19. The van der Waals surface area contributed by atoms with Crippen LogP contribution >= 0.6 is 47.4 Å². The number of hydrogen-bond donors (Lipinski definition) is 0. The molecular formula is C18H18Cl3N3OS. The number of anilines is 1. The van der Waals surface area contributed by atoms with Crippen LogP contribution in [0.25, 0.3) is 0 Å². The molecule has 26 heavy (non-hydrogen) atoms. The van der Waals surface area contributed by atoms with Crippen molar-refractivity contribution in [2.24, 2.45) is 4.99 Å². The molecule has 138 valence electrons. The van der Waals surface area contributed by atoms with Crippen LogP contribution in [0.5, 0.6) is 0 Å². The molecule has 1 fully saturated rings. The van der Waals surface area contributed by atoms with Gasteiger partial charge < -0.3 is 4.90 Å². The van der Waals surface area contributed by atoms with Gasteiger partial charge in [-0.25, -0.2) is 4.99 Å². The molecule has 0 aromatic heterocycles. The first-order chi connectivity index (χ1) is 12.0. The van der Waals surface area contributed by atoms with Crippen LogP contribution in [0.3, 0.4) is 0 Å². The van der Waals surface area contributed by atoms with Crippen LogP contribution < -0.4 is 4.90 Å². The Morgan fingerprint density at radius 3 is 2.19 bits per heavy atom. The Labute approximate surface area is 173 Å². The van der Waals surface area contributed by atoms with E-state index in [-0.39, 0.29) is 24.5 Å². The topological polar surface area (TPSA) is 35.9 Å². The summed E-state index contributed by atoms with van der Waals surface area (Å²) in [7, 11) is 1.95. The van der Waals surface area contributed by atoms with Gasteiger partial charge in [0, 0.05) is 35.5 Å². The first kappa shape index (κ1) is 20.9. The molecule has 1 heterocycles. The van der Waals surface area contributed by atoms with E-state index in [1.165, 1.54) is 0 Å². The standard InChI is InChI=1S/C18H17Cl2N3OS.ClH/c1-12(24)23(16-9-5-14(20)6-10-16)17-11-25-18(22(17)2)21-15-7-3-13(19)4-8-15;/h3-10,17H,11H2,1-2H3;1H. The number of benzene rings is 2. The van der Waals surface area contributed by atoms with Crippen molar-refractivity contribution >= 4 is 69.8 Å². The number of aliphatic imine (C=N–C) groups is 1. The van der Waals surface area contributed by atoms with Crippen molar-refractivity contribution in [3.05, 3.63) is 58.6 Å². The highest BCUT2D eigenvalue weighted by Gasteiger charge is 2.34. The Hall–Kier alpha value is -1.40. The number of nitrogens with zero attached hydrogens (tertiary/aromatic N) is 3. The van der Waals surface area contributed by atoms with Gasteiger partial charge in [0.25, 0.3) is 0 Å². The molecule has 2 aromatic carbocycles. The van der Waals surface area contributed by atoms with Crippen molar-refractivity contribution < 1.29 is 4.79 Å². The third-order valence-electron chi connectivity index (χ3n) is 3.90. The highest BCUT2D eigenvalue weighted by molar-refractivity contribution is 8.14. The number of halogens is 3. The number of carbonyl (C=O) groups excluding carboxylic acids is 1. The zero-order valence-electron chi connectivity index (χ0n) is 14.2. The molecule has 0 aliphatic carbocycles. The lowest BCUT2D eigenvalue weighted by atomic mass is 10.2. The quantitative estimate of drug-likeness (QED) is 0.648. The number of amides is 1. The maximum Gasteiger partial charge on any atom is 0.225 e. The number of thioether (sulfide) groups is 1. The summed E-state index contributed by atoms with van der Waals surface area (Å²) in [6.45, 7) is 1.57. The van der Waals surface area contributed by atoms with Crippen molar-refractivity contribution in [3.63, 3.8) is 0 Å². The van der Waals surface area contributed by atoms with Gasteiger partial charge in [-0.05, 0) is 48.5 Å². The third-order valence-corrected chi connectivity index (χ3v) is 5.51. The Kier molecular flexibility index (Phi) is 7.24. The summed E-state index contributed by atoms with van der Waals surface area (Å²) in [4.78, 5) is 20.7. The van der Waals surface area contributed by atoms with E-state index in [1.807, 2.05) is 48.3 Å². The second-order valence-corrected chi connectivity index (χ2v) is 7.50. The normalized spacial score (nSPS) is 17.9. The molecule has 3 rings (SSSR count). The van der Waals surface area contributed by atoms with Crippen LogP contribution in [-0.2, 0) is 4.79 Å². The van der Waals surface area contributed by atoms with Crippen molar-refractivity contribution in [3.8, 4) is 0 Å². The maximum absolute atomic E-state index is 12.3. The molecule has 0 bridgehead atoms. The maximum atomic E-state index is 12.3. The van der Waals surface area contributed by atoms with Gasteiger partial charge in [0.2, 0.25) is 5.91 Å². The van der Waals surface area contributed by atoms with Gasteiger partial charge in [-0.2, -0.15) is 0 Å². The first-order valence-electron chi connectivity index (χ1n) is 7.71. The van der Waals surface area contributed by atoms with Gasteiger partial charge in [-0.3, -0.25) is 9.69 Å². The van der Waals surface area contributed by atoms with Crippen molar-refractivity contribution in [1.29, 1.82) is 0 Å². The number of amidine groups is 1. The molecule has 0 radical (unpaired) electrons. The van der Waals surface area contributed by atoms with Crippen molar-refractivity contribution in [2.45, 2.75) is 13.1 Å². The van der Waals surface area contributed by atoms with Gasteiger partial charge in [0.1, 0.15) is 6.17 Å². The minimum absolute atomic E-state index is 0. The van der Waals surface area contributed by atoms with Crippen molar-refractivity contribution in [1.82, 2.24) is 4.90 Å². The molecule has 1 unspecified atom stereocenters. The lowest BCUT2D eigenvalue weighted by molar-refractivity contribution is -0.117. The van der Waals surface area contributed by atoms with Crippen LogP contribution in [-0.4, -0.2) is 34.9 Å². The van der Waals surface area contributed by atoms with E-state index >= 15 is 0 Å². The summed E-state index contributed by atoms with van der Waals surface area (Å²) in [6.07, 6.45) is -0.102. The fourth-order valence-electron chi connectivity index (χ4n) is 2.64. The Balaban J connectivity index is 0.00000243. The smallest absolute Gasteiger partial charge is 0.225 e. The Morgan fingerprint density at radius 2 is 1.65 bits per heavy atom. The predicted molar refractivity (Wildman–Crippen MR) is 114 cm³/mol. The van der Waals surface area contributed by atoms with Crippen LogP contribution in [0, 0.1) is 0 Å². The van der Waals surface area contributed by atoms with Gasteiger partial charge >= 0.3 is 0 Å². The molecule has 1 saturated heterocycles. The first-order valence-corrected chi connectivity index (χ1v) is 9.45. The molecule has 2 aromatic rings. The van der Waals surface area contributed by atoms with E-state index in [4.69, 9.17) is 23.2 Å².